The molecule has 0 unspecified atom stereocenters. The Labute approximate surface area is 108 Å². The molecule has 4 nitrogen and oxygen atoms in total. The van der Waals surface area contributed by atoms with Crippen LogP contribution in [-0.4, -0.2) is 21.0 Å². The van der Waals surface area contributed by atoms with Crippen LogP contribution in [0.3, 0.4) is 0 Å². The molecule has 18 heavy (non-hydrogen) atoms. The first-order valence-electron chi connectivity index (χ1n) is 5.33. The average molecular weight is 258 g/mol. The van der Waals surface area contributed by atoms with Crippen molar-refractivity contribution in [3.8, 4) is 0 Å². The van der Waals surface area contributed by atoms with Gasteiger partial charge in [-0.15, -0.1) is 0 Å². The molecule has 0 amide bonds. The van der Waals surface area contributed by atoms with Gasteiger partial charge in [0.15, 0.2) is 5.78 Å². The minimum absolute atomic E-state index is 0.0811. The van der Waals surface area contributed by atoms with Crippen LogP contribution < -0.4 is 0 Å². The zero-order valence-electron chi connectivity index (χ0n) is 9.22. The van der Waals surface area contributed by atoms with Gasteiger partial charge in [-0.2, -0.15) is 5.10 Å². The summed E-state index contributed by atoms with van der Waals surface area (Å²) >= 11 is 5.78. The van der Waals surface area contributed by atoms with E-state index in [9.17, 15) is 4.79 Å². The monoisotopic (exact) mass is 257 g/mol. The number of fused-ring (bicyclic) bond motifs is 1. The molecular weight excluding hydrogens is 250 g/mol. The van der Waals surface area contributed by atoms with Crippen molar-refractivity contribution in [3.05, 3.63) is 59.0 Å². The van der Waals surface area contributed by atoms with Crippen molar-refractivity contribution in [3.63, 3.8) is 0 Å². The van der Waals surface area contributed by atoms with E-state index in [4.69, 9.17) is 11.6 Å². The predicted molar refractivity (Wildman–Crippen MR) is 68.8 cm³/mol. The van der Waals surface area contributed by atoms with Crippen molar-refractivity contribution in [1.82, 2.24) is 15.2 Å². The molecular formula is C13H8ClN3O. The Morgan fingerprint density at radius 1 is 1.17 bits per heavy atom. The van der Waals surface area contributed by atoms with Gasteiger partial charge in [-0.05, 0) is 30.3 Å². The van der Waals surface area contributed by atoms with Crippen LogP contribution in [-0.2, 0) is 0 Å². The molecule has 0 bridgehead atoms. The number of rotatable bonds is 2. The second-order valence-corrected chi connectivity index (χ2v) is 4.26. The summed E-state index contributed by atoms with van der Waals surface area (Å²) in [6.07, 6.45) is 3.21. The first kappa shape index (κ1) is 10.9. The molecule has 0 saturated heterocycles. The number of H-pyrrole nitrogens is 1. The maximum Gasteiger partial charge on any atom is 0.193 e. The molecule has 0 fully saturated rings. The van der Waals surface area contributed by atoms with Gasteiger partial charge in [0.25, 0.3) is 0 Å². The number of carbonyl (C=O) groups is 1. The fourth-order valence-electron chi connectivity index (χ4n) is 1.79. The number of ketones is 1. The minimum Gasteiger partial charge on any atom is -0.289 e. The summed E-state index contributed by atoms with van der Waals surface area (Å²) in [6.45, 7) is 0. The fourth-order valence-corrected chi connectivity index (χ4v) is 1.97. The highest BCUT2D eigenvalue weighted by Gasteiger charge is 2.10. The molecule has 3 aromatic rings. The molecule has 0 aliphatic rings. The summed E-state index contributed by atoms with van der Waals surface area (Å²) in [7, 11) is 0. The normalized spacial score (nSPS) is 10.7. The number of benzene rings is 1. The third kappa shape index (κ3) is 1.87. The Morgan fingerprint density at radius 2 is 2.00 bits per heavy atom. The Morgan fingerprint density at radius 3 is 2.83 bits per heavy atom. The summed E-state index contributed by atoms with van der Waals surface area (Å²) < 4.78 is 0. The molecule has 0 radical (unpaired) electrons. The van der Waals surface area contributed by atoms with Crippen LogP contribution in [0.2, 0.25) is 5.15 Å². The summed E-state index contributed by atoms with van der Waals surface area (Å²) in [6, 6.07) is 8.60. The zero-order chi connectivity index (χ0) is 12.5. The number of aromatic nitrogens is 3. The molecule has 1 N–H and O–H groups in total. The van der Waals surface area contributed by atoms with Gasteiger partial charge in [0.2, 0.25) is 0 Å². The number of nitrogens with one attached hydrogen (secondary N) is 1. The molecule has 2 heterocycles. The molecule has 0 spiro atoms. The number of aromatic amines is 1. The lowest BCUT2D eigenvalue weighted by atomic mass is 10.0. The maximum absolute atomic E-state index is 12.2. The van der Waals surface area contributed by atoms with Gasteiger partial charge in [-0.3, -0.25) is 9.89 Å². The van der Waals surface area contributed by atoms with Gasteiger partial charge in [0.1, 0.15) is 5.15 Å². The third-order valence-electron chi connectivity index (χ3n) is 2.69. The van der Waals surface area contributed by atoms with E-state index in [-0.39, 0.29) is 5.78 Å². The molecule has 88 valence electrons. The van der Waals surface area contributed by atoms with Crippen LogP contribution in [0, 0.1) is 0 Å². The van der Waals surface area contributed by atoms with E-state index in [1.165, 1.54) is 6.20 Å². The van der Waals surface area contributed by atoms with Crippen molar-refractivity contribution >= 4 is 28.3 Å². The highest BCUT2D eigenvalue weighted by Crippen LogP contribution is 2.17. The molecule has 5 heteroatoms. The number of hydrogen-bond acceptors (Lipinski definition) is 3. The van der Waals surface area contributed by atoms with E-state index >= 15 is 0 Å². The number of pyridine rings is 1. The number of hydrogen-bond donors (Lipinski definition) is 1. The van der Waals surface area contributed by atoms with Crippen LogP contribution in [0.15, 0.2) is 42.7 Å². The van der Waals surface area contributed by atoms with Crippen molar-refractivity contribution in [1.29, 1.82) is 0 Å². The summed E-state index contributed by atoms with van der Waals surface area (Å²) in [4.78, 5) is 16.1. The summed E-state index contributed by atoms with van der Waals surface area (Å²) in [5.41, 5.74) is 2.03. The van der Waals surface area contributed by atoms with Crippen LogP contribution in [0.25, 0.3) is 10.9 Å². The highest BCUT2D eigenvalue weighted by molar-refractivity contribution is 6.30. The van der Waals surface area contributed by atoms with Crippen molar-refractivity contribution < 1.29 is 4.79 Å². The SMILES string of the molecule is O=C(c1ccnc(Cl)c1)c1ccc2[nH]ncc2c1. The molecule has 0 aliphatic carbocycles. The molecule has 0 saturated carbocycles. The number of nitrogens with zero attached hydrogens (tertiary/aromatic N) is 2. The Kier molecular flexibility index (Phi) is 2.57. The van der Waals surface area contributed by atoms with Crippen LogP contribution >= 0.6 is 11.6 Å². The first-order valence-corrected chi connectivity index (χ1v) is 5.71. The smallest absolute Gasteiger partial charge is 0.193 e. The van der Waals surface area contributed by atoms with Gasteiger partial charge >= 0.3 is 0 Å². The number of carbonyl (C=O) groups excluding carboxylic acids is 1. The van der Waals surface area contributed by atoms with Gasteiger partial charge in [0, 0.05) is 22.7 Å². The third-order valence-corrected chi connectivity index (χ3v) is 2.90. The minimum atomic E-state index is -0.0811. The lowest BCUT2D eigenvalue weighted by molar-refractivity contribution is 0.103. The first-order chi connectivity index (χ1) is 8.74. The Balaban J connectivity index is 2.06. The number of halogens is 1. The van der Waals surface area contributed by atoms with Crippen molar-refractivity contribution in [2.45, 2.75) is 0 Å². The van der Waals surface area contributed by atoms with E-state index in [1.807, 2.05) is 6.07 Å². The molecule has 0 atom stereocenters. The Bertz CT molecular complexity index is 736. The molecule has 2 aromatic heterocycles. The lowest BCUT2D eigenvalue weighted by Crippen LogP contribution is -2.01. The van der Waals surface area contributed by atoms with Crippen molar-refractivity contribution in [2.24, 2.45) is 0 Å². The largest absolute Gasteiger partial charge is 0.289 e. The standard InChI is InChI=1S/C13H8ClN3O/c14-12-6-9(3-4-15-12)13(18)8-1-2-11-10(5-8)7-16-17-11/h1-7H,(H,16,17). The molecule has 3 rings (SSSR count). The van der Waals surface area contributed by atoms with E-state index in [2.05, 4.69) is 15.2 Å². The zero-order valence-corrected chi connectivity index (χ0v) is 9.98. The second-order valence-electron chi connectivity index (χ2n) is 3.87. The van der Waals surface area contributed by atoms with E-state index in [0.29, 0.717) is 16.3 Å². The maximum atomic E-state index is 12.2. The summed E-state index contributed by atoms with van der Waals surface area (Å²) in [5.74, 6) is -0.0811. The summed E-state index contributed by atoms with van der Waals surface area (Å²) in [5, 5.41) is 7.98. The van der Waals surface area contributed by atoms with E-state index in [0.717, 1.165) is 10.9 Å². The Hall–Kier alpha value is -2.20. The lowest BCUT2D eigenvalue weighted by Gasteiger charge is -2.01. The molecule has 0 aliphatic heterocycles. The van der Waals surface area contributed by atoms with Gasteiger partial charge in [0.05, 0.1) is 11.7 Å². The van der Waals surface area contributed by atoms with E-state index < -0.39 is 0 Å². The van der Waals surface area contributed by atoms with E-state index in [1.54, 1.807) is 30.5 Å². The second kappa shape index (κ2) is 4.23. The highest BCUT2D eigenvalue weighted by atomic mass is 35.5. The predicted octanol–water partition coefficient (Wildman–Crippen LogP) is 2.84. The van der Waals surface area contributed by atoms with Crippen LogP contribution in [0.1, 0.15) is 15.9 Å². The van der Waals surface area contributed by atoms with Gasteiger partial charge in [-0.25, -0.2) is 4.98 Å². The van der Waals surface area contributed by atoms with Gasteiger partial charge in [-0.1, -0.05) is 11.6 Å². The topological polar surface area (TPSA) is 58.6 Å². The fraction of sp³-hybridized carbons (Fsp3) is 0. The van der Waals surface area contributed by atoms with Crippen LogP contribution in [0.4, 0.5) is 0 Å². The molecule has 1 aromatic carbocycles. The van der Waals surface area contributed by atoms with Crippen LogP contribution in [0.5, 0.6) is 0 Å². The van der Waals surface area contributed by atoms with Crippen molar-refractivity contribution in [2.75, 3.05) is 0 Å². The quantitative estimate of drug-likeness (QED) is 0.567. The average Bonchev–Trinajstić information content (AvgIpc) is 2.85. The van der Waals surface area contributed by atoms with Gasteiger partial charge < -0.3 is 0 Å².